The van der Waals surface area contributed by atoms with Gasteiger partial charge in [0.25, 0.3) is 9.24 Å². The minimum Gasteiger partial charge on any atom is -0.351 e. The van der Waals surface area contributed by atoms with E-state index in [-0.39, 0.29) is 5.34 Å². The quantitative estimate of drug-likeness (QED) is 0.533. The van der Waals surface area contributed by atoms with E-state index >= 15 is 0 Å². The summed E-state index contributed by atoms with van der Waals surface area (Å²) < 4.78 is 45.6. The zero-order valence-corrected chi connectivity index (χ0v) is 18.4. The van der Waals surface area contributed by atoms with Crippen molar-refractivity contribution in [2.45, 2.75) is 0 Å². The van der Waals surface area contributed by atoms with Crippen LogP contribution in [-0.4, -0.2) is 77.9 Å². The maximum absolute atomic E-state index is 11.2. The molecule has 2 aromatic heterocycles. The van der Waals surface area contributed by atoms with Gasteiger partial charge in [-0.2, -0.15) is 25.4 Å². The third-order valence-electron chi connectivity index (χ3n) is 2.05. The lowest BCUT2D eigenvalue weighted by molar-refractivity contribution is 0.510. The standard InChI is InChI=1S/C5H9N3O2S.C3H4N2.C2H6ClNO2S.CH2Cl2/c1-7(2)11(9,10)8-4-3-6-5-8;1-2-5-3-4-1;1-4(2)7(3,5)6;2-1-3/h3-5H,1-2H3;1-3H,(H,4,5);1-2H3;1H2. The molecule has 15 heteroatoms. The fourth-order valence-electron chi connectivity index (χ4n) is 0.787. The first kappa shape index (κ1) is 27.3. The zero-order chi connectivity index (χ0) is 20.8. The molecule has 152 valence electrons. The predicted octanol–water partition coefficient (Wildman–Crippen LogP) is 1.40. The molecule has 0 unspecified atom stereocenters. The highest BCUT2D eigenvalue weighted by Crippen LogP contribution is 1.98. The molecule has 26 heavy (non-hydrogen) atoms. The lowest BCUT2D eigenvalue weighted by Gasteiger charge is -2.10. The van der Waals surface area contributed by atoms with Gasteiger partial charge in [0.2, 0.25) is 0 Å². The number of alkyl halides is 2. The molecule has 2 rings (SSSR count). The summed E-state index contributed by atoms with van der Waals surface area (Å²) in [6, 6.07) is 0. The number of nitrogens with one attached hydrogen (secondary N) is 1. The van der Waals surface area contributed by atoms with E-state index in [1.54, 1.807) is 18.7 Å². The van der Waals surface area contributed by atoms with Crippen LogP contribution in [-0.2, 0) is 19.4 Å². The van der Waals surface area contributed by atoms with Crippen LogP contribution in [0.5, 0.6) is 0 Å². The van der Waals surface area contributed by atoms with E-state index in [1.807, 2.05) is 0 Å². The first-order valence-electron chi connectivity index (χ1n) is 6.49. The van der Waals surface area contributed by atoms with Crippen molar-refractivity contribution < 1.29 is 16.8 Å². The largest absolute Gasteiger partial charge is 0.351 e. The fourth-order valence-corrected chi connectivity index (χ4v) is 1.55. The third kappa shape index (κ3) is 13.3. The second kappa shape index (κ2) is 14.2. The molecule has 2 heterocycles. The Labute approximate surface area is 168 Å². The van der Waals surface area contributed by atoms with Gasteiger partial charge in [-0.25, -0.2) is 13.9 Å². The number of nitrogens with zero attached hydrogens (tertiary/aromatic N) is 5. The minimum atomic E-state index is -3.44. The smallest absolute Gasteiger partial charge is 0.308 e. The van der Waals surface area contributed by atoms with Crippen molar-refractivity contribution >= 4 is 53.3 Å². The Kier molecular flexibility index (Phi) is 14.9. The van der Waals surface area contributed by atoms with Crippen LogP contribution >= 0.6 is 33.9 Å². The highest BCUT2D eigenvalue weighted by atomic mass is 35.7. The molecule has 0 aliphatic rings. The molecule has 0 radical (unpaired) electrons. The molecule has 2 aromatic rings. The summed E-state index contributed by atoms with van der Waals surface area (Å²) >= 11 is 9.53. The van der Waals surface area contributed by atoms with Gasteiger partial charge in [-0.1, -0.05) is 0 Å². The number of rotatable bonds is 3. The molecule has 1 N–H and O–H groups in total. The first-order valence-corrected chi connectivity index (χ1v) is 11.2. The summed E-state index contributed by atoms with van der Waals surface area (Å²) in [5.74, 6) is 0. The summed E-state index contributed by atoms with van der Waals surface area (Å²) in [5, 5.41) is 0.194. The Morgan fingerprint density at radius 1 is 1.00 bits per heavy atom. The summed E-state index contributed by atoms with van der Waals surface area (Å²) in [4.78, 5) is 10.0. The van der Waals surface area contributed by atoms with Gasteiger partial charge in [-0.15, -0.1) is 23.2 Å². The van der Waals surface area contributed by atoms with Gasteiger partial charge in [0.15, 0.2) is 0 Å². The van der Waals surface area contributed by atoms with Crippen molar-refractivity contribution in [3.8, 4) is 0 Å². The SMILES string of the molecule is CN(C)S(=O)(=O)Cl.CN(C)S(=O)(=O)n1ccnc1.ClCCl.c1c[nH]cn1. The molecule has 0 fully saturated rings. The second-order valence-electron chi connectivity index (χ2n) is 4.27. The van der Waals surface area contributed by atoms with E-state index in [4.69, 9.17) is 33.9 Å². The van der Waals surface area contributed by atoms with Crippen molar-refractivity contribution in [2.24, 2.45) is 0 Å². The van der Waals surface area contributed by atoms with Crippen molar-refractivity contribution in [1.29, 1.82) is 0 Å². The Bertz CT molecular complexity index is 733. The molecular formula is C11H21Cl3N6O4S2. The van der Waals surface area contributed by atoms with Crippen LogP contribution in [0.1, 0.15) is 0 Å². The van der Waals surface area contributed by atoms with Gasteiger partial charge in [0, 0.05) is 63.7 Å². The van der Waals surface area contributed by atoms with E-state index in [0.717, 1.165) is 12.6 Å². The van der Waals surface area contributed by atoms with Crippen molar-refractivity contribution in [2.75, 3.05) is 33.5 Å². The summed E-state index contributed by atoms with van der Waals surface area (Å²) in [5.41, 5.74) is 0. The summed E-state index contributed by atoms with van der Waals surface area (Å²) in [6.07, 6.45) is 9.13. The molecule has 0 atom stereocenters. The van der Waals surface area contributed by atoms with Gasteiger partial charge in [0.1, 0.15) is 6.33 Å². The van der Waals surface area contributed by atoms with Gasteiger partial charge in [-0.3, -0.25) is 0 Å². The lowest BCUT2D eigenvalue weighted by atomic mass is 11.0. The molecule has 0 saturated carbocycles. The van der Waals surface area contributed by atoms with Crippen LogP contribution in [0.4, 0.5) is 0 Å². The topological polar surface area (TPSA) is 121 Å². The molecule has 0 aromatic carbocycles. The zero-order valence-electron chi connectivity index (χ0n) is 14.5. The number of hydrogen-bond donors (Lipinski definition) is 1. The average molecular weight is 472 g/mol. The Balaban J connectivity index is 0. The molecule has 0 aliphatic heterocycles. The Hall–Kier alpha value is -0.890. The molecule has 0 aliphatic carbocycles. The van der Waals surface area contributed by atoms with Crippen molar-refractivity contribution in [3.63, 3.8) is 0 Å². The number of aromatic amines is 1. The van der Waals surface area contributed by atoms with Gasteiger partial charge in [0.05, 0.1) is 11.7 Å². The van der Waals surface area contributed by atoms with E-state index in [1.165, 1.54) is 46.9 Å². The molecule has 0 amide bonds. The van der Waals surface area contributed by atoms with E-state index in [2.05, 4.69) is 15.0 Å². The lowest BCUT2D eigenvalue weighted by Crippen LogP contribution is -2.27. The molecule has 0 bridgehead atoms. The summed E-state index contributed by atoms with van der Waals surface area (Å²) in [7, 11) is 3.65. The van der Waals surface area contributed by atoms with Crippen molar-refractivity contribution in [3.05, 3.63) is 37.4 Å². The van der Waals surface area contributed by atoms with Crippen LogP contribution in [0.2, 0.25) is 0 Å². The van der Waals surface area contributed by atoms with E-state index < -0.39 is 19.4 Å². The molecule has 0 spiro atoms. The number of aromatic nitrogens is 4. The Morgan fingerprint density at radius 3 is 1.69 bits per heavy atom. The maximum Gasteiger partial charge on any atom is 0.308 e. The first-order chi connectivity index (χ1) is 11.9. The minimum absolute atomic E-state index is 0.194. The Morgan fingerprint density at radius 2 is 1.50 bits per heavy atom. The van der Waals surface area contributed by atoms with Crippen LogP contribution in [0.3, 0.4) is 0 Å². The van der Waals surface area contributed by atoms with Crippen LogP contribution in [0, 0.1) is 0 Å². The number of halogens is 3. The van der Waals surface area contributed by atoms with E-state index in [9.17, 15) is 16.8 Å². The molecule has 0 saturated heterocycles. The van der Waals surface area contributed by atoms with Gasteiger partial charge in [-0.05, 0) is 0 Å². The number of H-pyrrole nitrogens is 1. The van der Waals surface area contributed by atoms with Crippen LogP contribution < -0.4 is 0 Å². The molecular weight excluding hydrogens is 451 g/mol. The molecule has 10 nitrogen and oxygen atoms in total. The number of imidazole rings is 2. The van der Waals surface area contributed by atoms with Gasteiger partial charge < -0.3 is 4.98 Å². The highest BCUT2D eigenvalue weighted by Gasteiger charge is 2.13. The maximum atomic E-state index is 11.2. The second-order valence-corrected chi connectivity index (χ2v) is 9.85. The summed E-state index contributed by atoms with van der Waals surface area (Å²) in [6.45, 7) is 0. The third-order valence-corrected chi connectivity index (χ3v) is 5.42. The van der Waals surface area contributed by atoms with Crippen LogP contribution in [0.15, 0.2) is 37.4 Å². The van der Waals surface area contributed by atoms with E-state index in [0.29, 0.717) is 0 Å². The van der Waals surface area contributed by atoms with Crippen molar-refractivity contribution in [1.82, 2.24) is 27.5 Å². The average Bonchev–Trinajstić information content (AvgIpc) is 3.24. The predicted molar refractivity (Wildman–Crippen MR) is 104 cm³/mol. The normalized spacial score (nSPS) is 10.8. The van der Waals surface area contributed by atoms with Crippen LogP contribution in [0.25, 0.3) is 0 Å². The highest BCUT2D eigenvalue weighted by molar-refractivity contribution is 8.11. The fraction of sp³-hybridized carbons (Fsp3) is 0.455. The number of hydrogen-bond acceptors (Lipinski definition) is 6. The van der Waals surface area contributed by atoms with Gasteiger partial charge >= 0.3 is 10.2 Å². The monoisotopic (exact) mass is 470 g/mol.